The first-order valence-electron chi connectivity index (χ1n) is 13.5. The Morgan fingerprint density at radius 1 is 0.974 bits per heavy atom. The molecule has 0 fully saturated rings. The second kappa shape index (κ2) is 13.5. The van der Waals surface area contributed by atoms with Crippen molar-refractivity contribution in [2.45, 2.75) is 92.5 Å². The molecule has 0 radical (unpaired) electrons. The van der Waals surface area contributed by atoms with Gasteiger partial charge in [-0.05, 0) is 95.3 Å². The number of carbonyl (C=O) groups excluding carboxylic acids is 3. The van der Waals surface area contributed by atoms with Gasteiger partial charge in [-0.15, -0.1) is 0 Å². The number of nitrogens with zero attached hydrogens (tertiary/aromatic N) is 1. The highest BCUT2D eigenvalue weighted by Gasteiger charge is 2.40. The first kappa shape index (κ1) is 31.7. The summed E-state index contributed by atoms with van der Waals surface area (Å²) in [5.74, 6) is -0.227. The molecule has 8 heteroatoms. The van der Waals surface area contributed by atoms with Crippen LogP contribution in [-0.2, 0) is 14.3 Å². The highest BCUT2D eigenvalue weighted by atomic mass is 16.6. The number of anilines is 1. The number of benzene rings is 2. The molecule has 2 rings (SSSR count). The third-order valence-electron chi connectivity index (χ3n) is 6.79. The highest BCUT2D eigenvalue weighted by molar-refractivity contribution is 5.99. The van der Waals surface area contributed by atoms with Crippen molar-refractivity contribution in [3.05, 3.63) is 59.2 Å². The summed E-state index contributed by atoms with van der Waals surface area (Å²) in [6, 6.07) is 10.6. The van der Waals surface area contributed by atoms with Crippen LogP contribution in [0.3, 0.4) is 0 Å². The lowest BCUT2D eigenvalue weighted by Gasteiger charge is -2.39. The molecule has 0 heterocycles. The third kappa shape index (κ3) is 8.47. The summed E-state index contributed by atoms with van der Waals surface area (Å²) in [6.07, 6.45) is -0.0274. The van der Waals surface area contributed by atoms with E-state index in [1.165, 1.54) is 0 Å². The SMILES string of the molecule is CCC(C)C(NC(=O)OC(C)(C)C)C(=O)N(C(C)C)C(C(=O)Nc1ccc(OC)cc1)c1cccc(C)c1C. The van der Waals surface area contributed by atoms with Crippen LogP contribution in [0.25, 0.3) is 0 Å². The van der Waals surface area contributed by atoms with Gasteiger partial charge in [0.2, 0.25) is 5.91 Å². The van der Waals surface area contributed by atoms with Crippen LogP contribution in [0.1, 0.15) is 77.6 Å². The zero-order valence-corrected chi connectivity index (χ0v) is 25.0. The van der Waals surface area contributed by atoms with Gasteiger partial charge < -0.3 is 25.0 Å². The van der Waals surface area contributed by atoms with Crippen LogP contribution >= 0.6 is 0 Å². The lowest BCUT2D eigenvalue weighted by Crippen LogP contribution is -2.56. The van der Waals surface area contributed by atoms with Crippen LogP contribution in [0.5, 0.6) is 5.75 Å². The van der Waals surface area contributed by atoms with Gasteiger partial charge in [-0.2, -0.15) is 0 Å². The van der Waals surface area contributed by atoms with Crippen LogP contribution in [-0.4, -0.2) is 47.6 Å². The van der Waals surface area contributed by atoms with Crippen molar-refractivity contribution in [3.8, 4) is 5.75 Å². The minimum atomic E-state index is -0.938. The Labute approximate surface area is 233 Å². The average molecular weight is 540 g/mol. The number of hydrogen-bond donors (Lipinski definition) is 2. The van der Waals surface area contributed by atoms with Gasteiger partial charge in [-0.25, -0.2) is 4.79 Å². The Morgan fingerprint density at radius 3 is 2.10 bits per heavy atom. The smallest absolute Gasteiger partial charge is 0.408 e. The Hall–Kier alpha value is -3.55. The molecule has 0 saturated carbocycles. The number of aryl methyl sites for hydroxylation is 1. The molecule has 2 N–H and O–H groups in total. The van der Waals surface area contributed by atoms with Gasteiger partial charge >= 0.3 is 6.09 Å². The van der Waals surface area contributed by atoms with E-state index in [1.54, 1.807) is 57.0 Å². The standard InChI is InChI=1S/C31H45N3O5/c1-11-20(4)26(33-30(37)39-31(7,8)9)29(36)34(19(2)3)27(25-14-12-13-21(5)22(25)6)28(35)32-23-15-17-24(38-10)18-16-23/h12-20,26-27H,11H2,1-10H3,(H,32,35)(H,33,37). The minimum absolute atomic E-state index is 0.199. The molecule has 0 aliphatic rings. The summed E-state index contributed by atoms with van der Waals surface area (Å²) < 4.78 is 10.7. The molecule has 8 nitrogen and oxygen atoms in total. The first-order valence-corrected chi connectivity index (χ1v) is 13.5. The van der Waals surface area contributed by atoms with Gasteiger partial charge in [0.25, 0.3) is 5.91 Å². The van der Waals surface area contributed by atoms with E-state index in [4.69, 9.17) is 9.47 Å². The lowest BCUT2D eigenvalue weighted by molar-refractivity contribution is -0.144. The predicted molar refractivity (Wildman–Crippen MR) is 155 cm³/mol. The summed E-state index contributed by atoms with van der Waals surface area (Å²) in [5.41, 5.74) is 2.52. The molecule has 0 aromatic heterocycles. The van der Waals surface area contributed by atoms with E-state index >= 15 is 0 Å². The average Bonchev–Trinajstić information content (AvgIpc) is 2.86. The number of amides is 3. The third-order valence-corrected chi connectivity index (χ3v) is 6.79. The van der Waals surface area contributed by atoms with Crippen molar-refractivity contribution in [2.75, 3.05) is 12.4 Å². The van der Waals surface area contributed by atoms with E-state index in [9.17, 15) is 14.4 Å². The number of methoxy groups -OCH3 is 1. The van der Waals surface area contributed by atoms with Gasteiger partial charge in [0.1, 0.15) is 23.4 Å². The maximum absolute atomic E-state index is 14.3. The van der Waals surface area contributed by atoms with Crippen molar-refractivity contribution < 1.29 is 23.9 Å². The highest BCUT2D eigenvalue weighted by Crippen LogP contribution is 2.31. The van der Waals surface area contributed by atoms with Gasteiger partial charge in [-0.1, -0.05) is 38.5 Å². The van der Waals surface area contributed by atoms with Gasteiger partial charge in [0, 0.05) is 11.7 Å². The monoisotopic (exact) mass is 539 g/mol. The molecule has 0 spiro atoms. The van der Waals surface area contributed by atoms with E-state index in [0.717, 1.165) is 16.7 Å². The zero-order chi connectivity index (χ0) is 29.5. The van der Waals surface area contributed by atoms with Crippen molar-refractivity contribution >= 4 is 23.6 Å². The summed E-state index contributed by atoms with van der Waals surface area (Å²) in [4.78, 5) is 42.6. The predicted octanol–water partition coefficient (Wildman–Crippen LogP) is 6.17. The summed E-state index contributed by atoms with van der Waals surface area (Å²) in [7, 11) is 1.58. The van der Waals surface area contributed by atoms with Crippen LogP contribution in [0.4, 0.5) is 10.5 Å². The molecule has 3 amide bonds. The van der Waals surface area contributed by atoms with Crippen molar-refractivity contribution in [3.63, 3.8) is 0 Å². The second-order valence-electron chi connectivity index (χ2n) is 11.3. The van der Waals surface area contributed by atoms with E-state index in [-0.39, 0.29) is 23.8 Å². The van der Waals surface area contributed by atoms with Gasteiger partial charge in [0.15, 0.2) is 0 Å². The minimum Gasteiger partial charge on any atom is -0.497 e. The molecular weight excluding hydrogens is 494 g/mol. The molecule has 2 aromatic rings. The number of carbonyl (C=O) groups is 3. The molecule has 39 heavy (non-hydrogen) atoms. The Kier molecular flexibility index (Phi) is 11.0. The van der Waals surface area contributed by atoms with Crippen molar-refractivity contribution in [1.29, 1.82) is 0 Å². The maximum Gasteiger partial charge on any atom is 0.408 e. The van der Waals surface area contributed by atoms with E-state index in [2.05, 4.69) is 10.6 Å². The fourth-order valence-corrected chi connectivity index (χ4v) is 4.33. The van der Waals surface area contributed by atoms with Gasteiger partial charge in [0.05, 0.1) is 7.11 Å². The van der Waals surface area contributed by atoms with Crippen molar-refractivity contribution in [2.24, 2.45) is 5.92 Å². The zero-order valence-electron chi connectivity index (χ0n) is 25.0. The molecule has 0 bridgehead atoms. The number of hydrogen-bond acceptors (Lipinski definition) is 5. The summed E-state index contributed by atoms with van der Waals surface area (Å²) in [5, 5.41) is 5.78. The van der Waals surface area contributed by atoms with Crippen molar-refractivity contribution in [1.82, 2.24) is 10.2 Å². The van der Waals surface area contributed by atoms with E-state index in [0.29, 0.717) is 17.9 Å². The summed E-state index contributed by atoms with van der Waals surface area (Å²) in [6.45, 7) is 16.9. The first-order chi connectivity index (χ1) is 18.2. The normalized spacial score (nSPS) is 13.7. The van der Waals surface area contributed by atoms with Crippen LogP contribution < -0.4 is 15.4 Å². The summed E-state index contributed by atoms with van der Waals surface area (Å²) >= 11 is 0. The van der Waals surface area contributed by atoms with Crippen LogP contribution in [0, 0.1) is 19.8 Å². The molecule has 3 atom stereocenters. The Bertz CT molecular complexity index is 1140. The number of ether oxygens (including phenoxy) is 2. The van der Waals surface area contributed by atoms with Crippen LogP contribution in [0.2, 0.25) is 0 Å². The largest absolute Gasteiger partial charge is 0.497 e. The molecule has 0 aliphatic carbocycles. The molecule has 3 unspecified atom stereocenters. The second-order valence-corrected chi connectivity index (χ2v) is 11.3. The Morgan fingerprint density at radius 2 is 1.59 bits per heavy atom. The number of nitrogens with one attached hydrogen (secondary N) is 2. The molecular formula is C31H45N3O5. The quantitative estimate of drug-likeness (QED) is 0.376. The number of rotatable bonds is 10. The molecule has 0 saturated heterocycles. The topological polar surface area (TPSA) is 97.0 Å². The molecule has 214 valence electrons. The fourth-order valence-electron chi connectivity index (χ4n) is 4.33. The maximum atomic E-state index is 14.3. The van der Waals surface area contributed by atoms with Crippen LogP contribution in [0.15, 0.2) is 42.5 Å². The fraction of sp³-hybridized carbons (Fsp3) is 0.516. The molecule has 2 aromatic carbocycles. The number of alkyl carbamates (subject to hydrolysis) is 1. The lowest BCUT2D eigenvalue weighted by atomic mass is 9.92. The van der Waals surface area contributed by atoms with Gasteiger partial charge in [-0.3, -0.25) is 9.59 Å². The Balaban J connectivity index is 2.58. The van der Waals surface area contributed by atoms with E-state index in [1.807, 2.05) is 59.7 Å². The van der Waals surface area contributed by atoms with E-state index < -0.39 is 23.8 Å². The molecule has 0 aliphatic heterocycles.